The van der Waals surface area contributed by atoms with E-state index in [9.17, 15) is 4.39 Å². The van der Waals surface area contributed by atoms with Crippen LogP contribution >= 0.6 is 0 Å². The number of hydrogen-bond acceptors (Lipinski definition) is 1. The van der Waals surface area contributed by atoms with E-state index in [-0.39, 0.29) is 5.82 Å². The maximum absolute atomic E-state index is 13.1. The van der Waals surface area contributed by atoms with Gasteiger partial charge in [-0.15, -0.1) is 0 Å². The van der Waals surface area contributed by atoms with Gasteiger partial charge in [0.15, 0.2) is 0 Å². The molecule has 0 amide bonds. The molecule has 82 valence electrons. The fourth-order valence-corrected chi connectivity index (χ4v) is 2.29. The van der Waals surface area contributed by atoms with Crippen molar-refractivity contribution >= 4 is 0 Å². The summed E-state index contributed by atoms with van der Waals surface area (Å²) in [7, 11) is 0. The molecule has 1 heterocycles. The summed E-state index contributed by atoms with van der Waals surface area (Å²) in [5.74, 6) is 0.401. The van der Waals surface area contributed by atoms with Gasteiger partial charge in [-0.1, -0.05) is 12.1 Å². The van der Waals surface area contributed by atoms with Gasteiger partial charge in [-0.05, 0) is 50.4 Å². The molecular formula is C13H18FN. The van der Waals surface area contributed by atoms with Crippen molar-refractivity contribution in [2.24, 2.45) is 0 Å². The van der Waals surface area contributed by atoms with Gasteiger partial charge in [0.1, 0.15) is 5.82 Å². The lowest BCUT2D eigenvalue weighted by atomic mass is 9.98. The number of hydrogen-bond donors (Lipinski definition) is 0. The van der Waals surface area contributed by atoms with Crippen molar-refractivity contribution in [2.75, 3.05) is 13.1 Å². The van der Waals surface area contributed by atoms with E-state index in [2.05, 4.69) is 18.7 Å². The van der Waals surface area contributed by atoms with Gasteiger partial charge in [0.25, 0.3) is 0 Å². The molecule has 0 saturated carbocycles. The molecule has 0 bridgehead atoms. The quantitative estimate of drug-likeness (QED) is 0.720. The minimum atomic E-state index is -0.115. The molecule has 0 aliphatic carbocycles. The Morgan fingerprint density at radius 1 is 1.40 bits per heavy atom. The van der Waals surface area contributed by atoms with E-state index >= 15 is 0 Å². The first kappa shape index (κ1) is 10.6. The van der Waals surface area contributed by atoms with E-state index in [4.69, 9.17) is 0 Å². The minimum absolute atomic E-state index is 0.115. The van der Waals surface area contributed by atoms with E-state index in [0.29, 0.717) is 12.0 Å². The molecule has 0 aromatic heterocycles. The van der Waals surface area contributed by atoms with Crippen LogP contribution in [0.1, 0.15) is 31.7 Å². The molecule has 1 unspecified atom stereocenters. The van der Waals surface area contributed by atoms with Crippen LogP contribution in [0.2, 0.25) is 0 Å². The highest BCUT2D eigenvalue weighted by Crippen LogP contribution is 2.28. The normalized spacial score (nSPS) is 22.5. The Hall–Kier alpha value is -0.890. The first-order valence-electron chi connectivity index (χ1n) is 5.66. The topological polar surface area (TPSA) is 3.24 Å². The lowest BCUT2D eigenvalue weighted by Gasteiger charge is -2.20. The molecule has 1 aliphatic rings. The molecule has 1 aromatic rings. The number of likely N-dealkylation sites (tertiary alicyclic amines) is 1. The smallest absolute Gasteiger partial charge is 0.123 e. The maximum atomic E-state index is 13.1. The summed E-state index contributed by atoms with van der Waals surface area (Å²) in [5, 5.41) is 0. The van der Waals surface area contributed by atoms with E-state index in [1.165, 1.54) is 6.07 Å². The second-order valence-corrected chi connectivity index (χ2v) is 4.63. The van der Waals surface area contributed by atoms with Crippen molar-refractivity contribution < 1.29 is 4.39 Å². The molecule has 2 rings (SSSR count). The average Bonchev–Trinajstić information content (AvgIpc) is 2.66. The average molecular weight is 207 g/mol. The highest BCUT2D eigenvalue weighted by Gasteiger charge is 2.25. The fraction of sp³-hybridized carbons (Fsp3) is 0.538. The van der Waals surface area contributed by atoms with E-state index in [1.54, 1.807) is 6.07 Å². The third kappa shape index (κ3) is 2.37. The predicted octanol–water partition coefficient (Wildman–Crippen LogP) is 3.02. The Labute approximate surface area is 90.9 Å². The van der Waals surface area contributed by atoms with Crippen LogP contribution in [0.15, 0.2) is 24.3 Å². The van der Waals surface area contributed by atoms with Gasteiger partial charge in [0.2, 0.25) is 0 Å². The zero-order chi connectivity index (χ0) is 10.8. The van der Waals surface area contributed by atoms with Gasteiger partial charge in [0, 0.05) is 12.6 Å². The second-order valence-electron chi connectivity index (χ2n) is 4.63. The van der Waals surface area contributed by atoms with Crippen molar-refractivity contribution in [1.29, 1.82) is 0 Å². The molecule has 1 atom stereocenters. The number of nitrogens with zero attached hydrogens (tertiary/aromatic N) is 1. The molecule has 0 radical (unpaired) electrons. The highest BCUT2D eigenvalue weighted by molar-refractivity contribution is 5.22. The van der Waals surface area contributed by atoms with Gasteiger partial charge in [-0.3, -0.25) is 0 Å². The number of benzene rings is 1. The molecule has 0 spiro atoms. The van der Waals surface area contributed by atoms with Crippen molar-refractivity contribution in [1.82, 2.24) is 4.90 Å². The van der Waals surface area contributed by atoms with Crippen LogP contribution in [0.5, 0.6) is 0 Å². The summed E-state index contributed by atoms with van der Waals surface area (Å²) in [4.78, 5) is 2.45. The monoisotopic (exact) mass is 207 g/mol. The van der Waals surface area contributed by atoms with E-state index < -0.39 is 0 Å². The lowest BCUT2D eigenvalue weighted by Crippen LogP contribution is -2.27. The van der Waals surface area contributed by atoms with Crippen molar-refractivity contribution in [2.45, 2.75) is 32.2 Å². The summed E-state index contributed by atoms with van der Waals surface area (Å²) in [6.07, 6.45) is 1.15. The zero-order valence-electron chi connectivity index (χ0n) is 9.41. The first-order chi connectivity index (χ1) is 7.16. The number of halogens is 1. The SMILES string of the molecule is CC(C)N1CCC(c2cccc(F)c2)C1. The third-order valence-electron chi connectivity index (χ3n) is 3.27. The van der Waals surface area contributed by atoms with Gasteiger partial charge in [-0.2, -0.15) is 0 Å². The second kappa shape index (κ2) is 4.31. The van der Waals surface area contributed by atoms with Crippen LogP contribution in [0.3, 0.4) is 0 Å². The molecule has 1 nitrogen and oxygen atoms in total. The molecule has 15 heavy (non-hydrogen) atoms. The first-order valence-corrected chi connectivity index (χ1v) is 5.66. The fourth-order valence-electron chi connectivity index (χ4n) is 2.29. The molecular weight excluding hydrogens is 189 g/mol. The van der Waals surface area contributed by atoms with E-state index in [0.717, 1.165) is 25.1 Å². The summed E-state index contributed by atoms with van der Waals surface area (Å²) in [5.41, 5.74) is 1.15. The van der Waals surface area contributed by atoms with E-state index in [1.807, 2.05) is 12.1 Å². The molecule has 1 saturated heterocycles. The predicted molar refractivity (Wildman–Crippen MR) is 60.5 cm³/mol. The Morgan fingerprint density at radius 2 is 2.20 bits per heavy atom. The lowest BCUT2D eigenvalue weighted by molar-refractivity contribution is 0.272. The minimum Gasteiger partial charge on any atom is -0.300 e. The molecule has 1 aromatic carbocycles. The summed E-state index contributed by atoms with van der Waals surface area (Å²) in [6.45, 7) is 6.64. The third-order valence-corrected chi connectivity index (χ3v) is 3.27. The van der Waals surface area contributed by atoms with Crippen LogP contribution in [0, 0.1) is 5.82 Å². The number of rotatable bonds is 2. The maximum Gasteiger partial charge on any atom is 0.123 e. The Kier molecular flexibility index (Phi) is 3.06. The Morgan fingerprint density at radius 3 is 2.80 bits per heavy atom. The van der Waals surface area contributed by atoms with Crippen molar-refractivity contribution in [3.05, 3.63) is 35.6 Å². The molecule has 1 aliphatic heterocycles. The highest BCUT2D eigenvalue weighted by atomic mass is 19.1. The van der Waals surface area contributed by atoms with Crippen molar-refractivity contribution in [3.63, 3.8) is 0 Å². The van der Waals surface area contributed by atoms with Crippen LogP contribution < -0.4 is 0 Å². The van der Waals surface area contributed by atoms with Gasteiger partial charge in [0.05, 0.1) is 0 Å². The standard InChI is InChI=1S/C13H18FN/c1-10(2)15-7-6-12(9-15)11-4-3-5-13(14)8-11/h3-5,8,10,12H,6-7,9H2,1-2H3. The summed E-state index contributed by atoms with van der Waals surface area (Å²) >= 11 is 0. The van der Waals surface area contributed by atoms with Crippen LogP contribution in [0.4, 0.5) is 4.39 Å². The molecule has 0 N–H and O–H groups in total. The Bertz CT molecular complexity index is 335. The van der Waals surface area contributed by atoms with Gasteiger partial charge >= 0.3 is 0 Å². The van der Waals surface area contributed by atoms with Crippen LogP contribution in [0.25, 0.3) is 0 Å². The summed E-state index contributed by atoms with van der Waals surface area (Å²) < 4.78 is 13.1. The van der Waals surface area contributed by atoms with Gasteiger partial charge in [-0.25, -0.2) is 4.39 Å². The largest absolute Gasteiger partial charge is 0.300 e. The van der Waals surface area contributed by atoms with Crippen molar-refractivity contribution in [3.8, 4) is 0 Å². The Balaban J connectivity index is 2.08. The van der Waals surface area contributed by atoms with Gasteiger partial charge < -0.3 is 4.90 Å². The van der Waals surface area contributed by atoms with Crippen LogP contribution in [-0.2, 0) is 0 Å². The zero-order valence-corrected chi connectivity index (χ0v) is 9.41. The molecule has 1 fully saturated rings. The van der Waals surface area contributed by atoms with Crippen LogP contribution in [-0.4, -0.2) is 24.0 Å². The molecule has 2 heteroatoms. The summed E-state index contributed by atoms with van der Waals surface area (Å²) in [6, 6.07) is 7.64.